The highest BCUT2D eigenvalue weighted by Crippen LogP contribution is 2.41. The second kappa shape index (κ2) is 4.94. The molecule has 0 amide bonds. The average molecular weight is 248 g/mol. The van der Waals surface area contributed by atoms with Gasteiger partial charge in [0.15, 0.2) is 0 Å². The second-order valence-electron chi connectivity index (χ2n) is 5.26. The Morgan fingerprint density at radius 2 is 2.00 bits per heavy atom. The number of allylic oxidation sites excluding steroid dienone is 4. The number of rotatable bonds is 3. The fourth-order valence-corrected chi connectivity index (χ4v) is 2.04. The Balaban J connectivity index is 3.07. The summed E-state index contributed by atoms with van der Waals surface area (Å²) in [5.41, 5.74) is -0.0790. The molecule has 0 saturated carbocycles. The van der Waals surface area contributed by atoms with Gasteiger partial charge in [-0.2, -0.15) is 0 Å². The minimum atomic E-state index is -1.09. The maximum Gasteiger partial charge on any atom is 0.328 e. The predicted octanol–water partition coefficient (Wildman–Crippen LogP) is 2.85. The maximum atomic E-state index is 10.8. The molecule has 0 aromatic rings. The second-order valence-corrected chi connectivity index (χ2v) is 5.26. The van der Waals surface area contributed by atoms with E-state index < -0.39 is 17.0 Å². The lowest BCUT2D eigenvalue weighted by atomic mass is 9.68. The summed E-state index contributed by atoms with van der Waals surface area (Å²) in [5, 5.41) is 19.4. The Labute approximate surface area is 108 Å². The molecule has 2 N–H and O–H groups in total. The first-order valence-corrected chi connectivity index (χ1v) is 5.88. The Bertz CT molecular complexity index is 464. The molecule has 0 radical (unpaired) electrons. The zero-order valence-electron chi connectivity index (χ0n) is 11.3. The quantitative estimate of drug-likeness (QED) is 0.596. The number of hydrogen-bond donors (Lipinski definition) is 2. The number of hydrogen-bond acceptors (Lipinski definition) is 2. The van der Waals surface area contributed by atoms with Crippen molar-refractivity contribution in [3.63, 3.8) is 0 Å². The van der Waals surface area contributed by atoms with E-state index in [1.807, 2.05) is 39.0 Å². The zero-order chi connectivity index (χ0) is 14.0. The van der Waals surface area contributed by atoms with E-state index in [4.69, 9.17) is 5.11 Å². The topological polar surface area (TPSA) is 57.5 Å². The lowest BCUT2D eigenvalue weighted by Gasteiger charge is -2.41. The molecule has 3 nitrogen and oxygen atoms in total. The number of carboxylic acids is 1. The fourth-order valence-electron chi connectivity index (χ4n) is 2.04. The normalized spacial score (nSPS) is 27.4. The van der Waals surface area contributed by atoms with Crippen molar-refractivity contribution in [1.82, 2.24) is 0 Å². The third-order valence-electron chi connectivity index (χ3n) is 3.38. The first kappa shape index (κ1) is 14.5. The monoisotopic (exact) mass is 248 g/mol. The molecule has 0 aromatic heterocycles. The molecule has 1 rings (SSSR count). The van der Waals surface area contributed by atoms with Crippen LogP contribution in [0.5, 0.6) is 0 Å². The molecule has 0 saturated heterocycles. The summed E-state index contributed by atoms with van der Waals surface area (Å²) in [6.07, 6.45) is 10.2. The zero-order valence-corrected chi connectivity index (χ0v) is 11.3. The van der Waals surface area contributed by atoms with Crippen LogP contribution < -0.4 is 0 Å². The van der Waals surface area contributed by atoms with Crippen molar-refractivity contribution < 1.29 is 15.0 Å². The first-order valence-electron chi connectivity index (χ1n) is 5.88. The van der Waals surface area contributed by atoms with Crippen molar-refractivity contribution in [2.75, 3.05) is 0 Å². The molecule has 0 unspecified atom stereocenters. The molecular weight excluding hydrogens is 228 g/mol. The van der Waals surface area contributed by atoms with E-state index in [2.05, 4.69) is 0 Å². The van der Waals surface area contributed by atoms with Crippen LogP contribution in [-0.2, 0) is 4.79 Å². The van der Waals surface area contributed by atoms with Gasteiger partial charge in [-0.3, -0.25) is 0 Å². The standard InChI is InChI=1S/C15H20O3/c1-11(10-13(16)17)7-9-15(18)12(2)6-5-8-14(15,3)4/h5-10,18H,1-4H3,(H,16,17)/b9-7+,11-10-/t15-/m1/s1. The van der Waals surface area contributed by atoms with Gasteiger partial charge in [0, 0.05) is 11.5 Å². The van der Waals surface area contributed by atoms with Crippen LogP contribution in [-0.4, -0.2) is 21.8 Å². The molecular formula is C15H20O3. The van der Waals surface area contributed by atoms with Gasteiger partial charge in [-0.15, -0.1) is 0 Å². The van der Waals surface area contributed by atoms with E-state index in [9.17, 15) is 9.90 Å². The van der Waals surface area contributed by atoms with Crippen molar-refractivity contribution in [3.05, 3.63) is 47.6 Å². The van der Waals surface area contributed by atoms with E-state index >= 15 is 0 Å². The van der Waals surface area contributed by atoms with E-state index in [1.54, 1.807) is 19.1 Å². The molecule has 1 aliphatic carbocycles. The minimum absolute atomic E-state index is 0.425. The summed E-state index contributed by atoms with van der Waals surface area (Å²) >= 11 is 0. The maximum absolute atomic E-state index is 10.8. The molecule has 1 aliphatic rings. The summed E-state index contributed by atoms with van der Waals surface area (Å²) in [7, 11) is 0. The molecule has 98 valence electrons. The van der Waals surface area contributed by atoms with Gasteiger partial charge in [-0.05, 0) is 31.1 Å². The average Bonchev–Trinajstić information content (AvgIpc) is 2.22. The lowest BCUT2D eigenvalue weighted by molar-refractivity contribution is -0.131. The van der Waals surface area contributed by atoms with Crippen molar-refractivity contribution >= 4 is 5.97 Å². The summed E-state index contributed by atoms with van der Waals surface area (Å²) in [6, 6.07) is 0. The Kier molecular flexibility index (Phi) is 3.97. The summed E-state index contributed by atoms with van der Waals surface area (Å²) in [6.45, 7) is 7.45. The minimum Gasteiger partial charge on any atom is -0.478 e. The van der Waals surface area contributed by atoms with Crippen LogP contribution in [0.2, 0.25) is 0 Å². The summed E-state index contributed by atoms with van der Waals surface area (Å²) in [5.74, 6) is -0.987. The van der Waals surface area contributed by atoms with Crippen molar-refractivity contribution in [2.24, 2.45) is 5.41 Å². The van der Waals surface area contributed by atoms with Crippen molar-refractivity contribution in [1.29, 1.82) is 0 Å². The molecule has 0 aromatic carbocycles. The molecule has 1 atom stereocenters. The number of aliphatic hydroxyl groups is 1. The van der Waals surface area contributed by atoms with Crippen LogP contribution in [0.25, 0.3) is 0 Å². The molecule has 0 fully saturated rings. The van der Waals surface area contributed by atoms with Gasteiger partial charge in [-0.1, -0.05) is 38.2 Å². The fraction of sp³-hybridized carbons (Fsp3) is 0.400. The van der Waals surface area contributed by atoms with Gasteiger partial charge in [0.25, 0.3) is 0 Å². The van der Waals surface area contributed by atoms with Gasteiger partial charge in [0.05, 0.1) is 0 Å². The van der Waals surface area contributed by atoms with Crippen molar-refractivity contribution in [2.45, 2.75) is 33.3 Å². The highest BCUT2D eigenvalue weighted by Gasteiger charge is 2.42. The number of aliphatic carboxylic acids is 1. The van der Waals surface area contributed by atoms with Crippen molar-refractivity contribution in [3.8, 4) is 0 Å². The highest BCUT2D eigenvalue weighted by molar-refractivity contribution is 5.81. The van der Waals surface area contributed by atoms with E-state index in [0.717, 1.165) is 11.6 Å². The summed E-state index contributed by atoms with van der Waals surface area (Å²) < 4.78 is 0. The Morgan fingerprint density at radius 3 is 2.50 bits per heavy atom. The van der Waals surface area contributed by atoms with E-state index in [1.165, 1.54) is 0 Å². The largest absolute Gasteiger partial charge is 0.478 e. The van der Waals surface area contributed by atoms with Crippen LogP contribution in [0, 0.1) is 5.41 Å². The molecule has 0 aliphatic heterocycles. The number of carboxylic acid groups (broad SMARTS) is 1. The molecule has 18 heavy (non-hydrogen) atoms. The van der Waals surface area contributed by atoms with Crippen LogP contribution in [0.15, 0.2) is 47.6 Å². The van der Waals surface area contributed by atoms with Crippen LogP contribution >= 0.6 is 0 Å². The first-order chi connectivity index (χ1) is 8.19. The Morgan fingerprint density at radius 1 is 1.39 bits per heavy atom. The van der Waals surface area contributed by atoms with Gasteiger partial charge in [0.2, 0.25) is 0 Å². The number of carbonyl (C=O) groups is 1. The van der Waals surface area contributed by atoms with Crippen LogP contribution in [0.3, 0.4) is 0 Å². The van der Waals surface area contributed by atoms with Gasteiger partial charge >= 0.3 is 5.97 Å². The molecule has 0 heterocycles. The predicted molar refractivity (Wildman–Crippen MR) is 72.2 cm³/mol. The van der Waals surface area contributed by atoms with E-state index in [0.29, 0.717) is 5.57 Å². The van der Waals surface area contributed by atoms with Gasteiger partial charge in [0.1, 0.15) is 5.60 Å². The SMILES string of the molecule is CC1=CC=CC(C)(C)[C@@]1(O)/C=C/C(C)=C\C(=O)O. The molecule has 3 heteroatoms. The van der Waals surface area contributed by atoms with Gasteiger partial charge < -0.3 is 10.2 Å². The smallest absolute Gasteiger partial charge is 0.328 e. The third kappa shape index (κ3) is 2.79. The lowest BCUT2D eigenvalue weighted by Crippen LogP contribution is -2.44. The molecule has 0 spiro atoms. The molecule has 0 bridgehead atoms. The van der Waals surface area contributed by atoms with Crippen LogP contribution in [0.4, 0.5) is 0 Å². The van der Waals surface area contributed by atoms with E-state index in [-0.39, 0.29) is 0 Å². The Hall–Kier alpha value is -1.61. The van der Waals surface area contributed by atoms with Crippen LogP contribution in [0.1, 0.15) is 27.7 Å². The third-order valence-corrected chi connectivity index (χ3v) is 3.38. The highest BCUT2D eigenvalue weighted by atomic mass is 16.4. The summed E-state index contributed by atoms with van der Waals surface area (Å²) in [4.78, 5) is 10.5. The van der Waals surface area contributed by atoms with Gasteiger partial charge in [-0.25, -0.2) is 4.79 Å².